The summed E-state index contributed by atoms with van der Waals surface area (Å²) < 4.78 is 49.3. The molecule has 9 fully saturated rings. The monoisotopic (exact) mass is 898 g/mol. The Morgan fingerprint density at radius 2 is 1.48 bits per heavy atom. The Bertz CT molecular complexity index is 1710. The van der Waals surface area contributed by atoms with Crippen LogP contribution in [0.2, 0.25) is 0 Å². The van der Waals surface area contributed by atoms with Crippen molar-refractivity contribution in [1.82, 2.24) is 0 Å². The van der Waals surface area contributed by atoms with Crippen molar-refractivity contribution in [2.24, 2.45) is 51.2 Å². The van der Waals surface area contributed by atoms with Gasteiger partial charge in [-0.05, 0) is 93.3 Å². The highest BCUT2D eigenvalue weighted by Crippen LogP contribution is 2.80. The molecule has 2 bridgehead atoms. The molecule has 9 aliphatic rings. The van der Waals surface area contributed by atoms with Crippen molar-refractivity contribution in [2.45, 2.75) is 191 Å². The summed E-state index contributed by atoms with van der Waals surface area (Å²) in [5, 5.41) is 96.9. The van der Waals surface area contributed by atoms with Crippen molar-refractivity contribution >= 4 is 0 Å². The maximum atomic E-state index is 12.4. The molecule has 5 heterocycles. The predicted molar refractivity (Wildman–Crippen MR) is 219 cm³/mol. The van der Waals surface area contributed by atoms with Crippen LogP contribution in [0.5, 0.6) is 0 Å². The lowest BCUT2D eigenvalue weighted by Crippen LogP contribution is -2.68. The van der Waals surface area contributed by atoms with E-state index in [-0.39, 0.29) is 58.0 Å². The molecule has 360 valence electrons. The summed E-state index contributed by atoms with van der Waals surface area (Å²) in [6, 6.07) is 0. The molecule has 17 heteroatoms. The van der Waals surface area contributed by atoms with Gasteiger partial charge in [-0.1, -0.05) is 39.3 Å². The van der Waals surface area contributed by atoms with E-state index in [4.69, 9.17) is 37.9 Å². The summed E-state index contributed by atoms with van der Waals surface area (Å²) in [6.07, 6.45) is -10.6. The zero-order valence-electron chi connectivity index (χ0n) is 37.8. The first-order valence-corrected chi connectivity index (χ1v) is 23.4. The van der Waals surface area contributed by atoms with Gasteiger partial charge in [0.05, 0.1) is 44.7 Å². The van der Waals surface area contributed by atoms with Crippen molar-refractivity contribution in [3.05, 3.63) is 11.6 Å². The van der Waals surface area contributed by atoms with Gasteiger partial charge < -0.3 is 83.9 Å². The largest absolute Gasteiger partial charge is 0.394 e. The molecule has 5 aliphatic heterocycles. The van der Waals surface area contributed by atoms with Gasteiger partial charge >= 0.3 is 0 Å². The highest BCUT2D eigenvalue weighted by atomic mass is 16.8. The Hall–Kier alpha value is -0.940. The quantitative estimate of drug-likeness (QED) is 0.135. The molecule has 4 aliphatic carbocycles. The Balaban J connectivity index is 0.913. The van der Waals surface area contributed by atoms with Gasteiger partial charge in [-0.15, -0.1) is 0 Å². The van der Waals surface area contributed by atoms with E-state index in [1.807, 2.05) is 6.92 Å². The first-order chi connectivity index (χ1) is 29.6. The summed E-state index contributed by atoms with van der Waals surface area (Å²) in [6.45, 7) is 15.2. The molecule has 0 aromatic rings. The van der Waals surface area contributed by atoms with Crippen LogP contribution < -0.4 is 0 Å². The van der Waals surface area contributed by atoms with E-state index in [0.717, 1.165) is 38.5 Å². The number of hydrogen-bond acceptors (Lipinski definition) is 17. The first kappa shape index (κ1) is 47.1. The van der Waals surface area contributed by atoms with Crippen LogP contribution in [0, 0.1) is 51.2 Å². The SMILES string of the molecule is CC(C)=CC1CO[C@]23C[C@]4(CO2)[C@H](CC[C@@H]2[C@@]5(C)CC[C@H](O[C@H]6O[C@H]([C@@H](CO[C@@H]7O[C@@H](CO)[C@H](O)[C@H]7O)O[C@@H]7OC[C@H](O)[C@H](O)[C@H]7O)[C@H](O)[C@H]6O)C(C)(C)[C@@H]5CC[C@]24C)[C@H]3C1(C)O. The topological polar surface area (TPSA) is 256 Å². The molecule has 0 amide bonds. The summed E-state index contributed by atoms with van der Waals surface area (Å²) in [7, 11) is 0. The maximum absolute atomic E-state index is 12.4. The van der Waals surface area contributed by atoms with Gasteiger partial charge in [-0.3, -0.25) is 0 Å². The lowest BCUT2D eigenvalue weighted by molar-refractivity contribution is -0.339. The number of aliphatic hydroxyl groups is 9. The third kappa shape index (κ3) is 7.03. The molecule has 0 aromatic carbocycles. The third-order valence-corrected chi connectivity index (χ3v) is 18.6. The van der Waals surface area contributed by atoms with Crippen molar-refractivity contribution in [3.8, 4) is 0 Å². The molecule has 2 unspecified atom stereocenters. The van der Waals surface area contributed by atoms with Crippen LogP contribution >= 0.6 is 0 Å². The van der Waals surface area contributed by atoms with Gasteiger partial charge in [-0.25, -0.2) is 0 Å². The second kappa shape index (κ2) is 16.4. The number of allylic oxidation sites excluding steroid dienone is 1. The fourth-order valence-electron chi connectivity index (χ4n) is 15.5. The van der Waals surface area contributed by atoms with Crippen LogP contribution in [-0.2, 0) is 37.9 Å². The van der Waals surface area contributed by atoms with E-state index < -0.39 is 105 Å². The second-order valence-corrected chi connectivity index (χ2v) is 22.4. The summed E-state index contributed by atoms with van der Waals surface area (Å²) in [4.78, 5) is 0. The fourth-order valence-corrected chi connectivity index (χ4v) is 15.5. The summed E-state index contributed by atoms with van der Waals surface area (Å²) in [5.74, 6) is -0.0556. The molecule has 9 N–H and O–H groups in total. The second-order valence-electron chi connectivity index (χ2n) is 22.4. The Labute approximate surface area is 369 Å². The van der Waals surface area contributed by atoms with Gasteiger partial charge in [0.15, 0.2) is 24.7 Å². The predicted octanol–water partition coefficient (Wildman–Crippen LogP) is 0.463. The smallest absolute Gasteiger partial charge is 0.187 e. The molecule has 63 heavy (non-hydrogen) atoms. The summed E-state index contributed by atoms with van der Waals surface area (Å²) >= 11 is 0. The minimum Gasteiger partial charge on any atom is -0.394 e. The van der Waals surface area contributed by atoms with E-state index in [1.165, 1.54) is 5.57 Å². The lowest BCUT2D eigenvalue weighted by Gasteiger charge is -2.70. The van der Waals surface area contributed by atoms with Crippen molar-refractivity contribution in [2.75, 3.05) is 33.0 Å². The standard InChI is InChI=1S/C46H74O17/c1-21(2)14-22-16-58-46-19-45(20-59-46)23(37(46)44(22,7)55)8-9-28-42(5)12-11-29(41(3,4)27(42)10-13-43(28,45)6)62-40-35(54)32(51)36(63-40)26(61-38-33(52)30(49)24(48)17-56-38)18-57-39-34(53)31(50)25(15-47)60-39/h14,22-40,47-55H,8-13,15-20H2,1-7H3/t22?,23-,24+,25+,26-,27+,28-,29+,30+,31+,32-,33-,34-,35-,36-,37+,38+,39-,40+,42+,43-,44?,45+,46-/m1/s1. The van der Waals surface area contributed by atoms with Crippen LogP contribution in [-0.4, -0.2) is 176 Å². The Morgan fingerprint density at radius 3 is 2.17 bits per heavy atom. The van der Waals surface area contributed by atoms with E-state index in [2.05, 4.69) is 47.6 Å². The number of aliphatic hydroxyl groups excluding tert-OH is 8. The zero-order valence-corrected chi connectivity index (χ0v) is 37.8. The van der Waals surface area contributed by atoms with Crippen LogP contribution in [0.25, 0.3) is 0 Å². The highest BCUT2D eigenvalue weighted by molar-refractivity contribution is 5.27. The molecule has 24 atom stereocenters. The zero-order chi connectivity index (χ0) is 45.4. The van der Waals surface area contributed by atoms with Gasteiger partial charge in [0, 0.05) is 23.7 Å². The molecule has 2 spiro atoms. The summed E-state index contributed by atoms with van der Waals surface area (Å²) in [5.41, 5.74) is -0.384. The minimum atomic E-state index is -1.70. The molecule has 9 rings (SSSR count). The average Bonchev–Trinajstić information content (AvgIpc) is 3.93. The fraction of sp³-hybridized carbons (Fsp3) is 0.957. The van der Waals surface area contributed by atoms with E-state index >= 15 is 0 Å². The normalized spacial score (nSPS) is 56.3. The molecule has 17 nitrogen and oxygen atoms in total. The average molecular weight is 899 g/mol. The van der Waals surface area contributed by atoms with Crippen LogP contribution in [0.15, 0.2) is 11.6 Å². The van der Waals surface area contributed by atoms with Crippen molar-refractivity contribution in [1.29, 1.82) is 0 Å². The first-order valence-electron chi connectivity index (χ1n) is 23.4. The number of fused-ring (bicyclic) bond motifs is 4. The third-order valence-electron chi connectivity index (χ3n) is 18.6. The van der Waals surface area contributed by atoms with Gasteiger partial charge in [-0.2, -0.15) is 0 Å². The van der Waals surface area contributed by atoms with Crippen molar-refractivity contribution in [3.63, 3.8) is 0 Å². The lowest BCUT2D eigenvalue weighted by atomic mass is 9.35. The van der Waals surface area contributed by atoms with E-state index in [0.29, 0.717) is 25.6 Å². The van der Waals surface area contributed by atoms with E-state index in [1.54, 1.807) is 0 Å². The molecule has 0 aromatic heterocycles. The van der Waals surface area contributed by atoms with Gasteiger partial charge in [0.2, 0.25) is 0 Å². The van der Waals surface area contributed by atoms with Crippen molar-refractivity contribution < 1.29 is 83.9 Å². The Kier molecular flexibility index (Phi) is 12.2. The maximum Gasteiger partial charge on any atom is 0.187 e. The molecular weight excluding hydrogens is 824 g/mol. The Morgan fingerprint density at radius 1 is 0.762 bits per heavy atom. The molecule has 0 radical (unpaired) electrons. The molecule has 5 saturated heterocycles. The molecule has 4 saturated carbocycles. The number of hydrogen-bond donors (Lipinski definition) is 9. The van der Waals surface area contributed by atoms with Crippen LogP contribution in [0.4, 0.5) is 0 Å². The van der Waals surface area contributed by atoms with E-state index in [9.17, 15) is 46.0 Å². The van der Waals surface area contributed by atoms with Crippen LogP contribution in [0.1, 0.15) is 93.4 Å². The van der Waals surface area contributed by atoms with Gasteiger partial charge in [0.1, 0.15) is 61.0 Å². The minimum absolute atomic E-state index is 0.0448. The highest BCUT2D eigenvalue weighted by Gasteiger charge is 2.81. The van der Waals surface area contributed by atoms with Gasteiger partial charge in [0.25, 0.3) is 0 Å². The number of rotatable bonds is 10. The van der Waals surface area contributed by atoms with Crippen LogP contribution in [0.3, 0.4) is 0 Å². The number of ether oxygens (including phenoxy) is 8. The molecular formula is C46H74O17.